The van der Waals surface area contributed by atoms with Crippen LogP contribution in [0.15, 0.2) is 24.3 Å². The van der Waals surface area contributed by atoms with Crippen LogP contribution in [-0.2, 0) is 9.59 Å². The summed E-state index contributed by atoms with van der Waals surface area (Å²) >= 11 is 0. The van der Waals surface area contributed by atoms with Crippen LogP contribution in [0.5, 0.6) is 5.75 Å². The van der Waals surface area contributed by atoms with E-state index in [0.717, 1.165) is 25.7 Å². The Hall–Kier alpha value is -2.12. The molecule has 0 aliphatic heterocycles. The van der Waals surface area contributed by atoms with Gasteiger partial charge in [0.15, 0.2) is 0 Å². The molecule has 1 saturated carbocycles. The first-order chi connectivity index (χ1) is 12.4. The van der Waals surface area contributed by atoms with Crippen LogP contribution in [0.1, 0.15) is 39.5 Å². The summed E-state index contributed by atoms with van der Waals surface area (Å²) in [4.78, 5) is 23.9. The molecule has 144 valence electrons. The molecule has 2 amide bonds. The summed E-state index contributed by atoms with van der Waals surface area (Å²) in [5.41, 5.74) is 0.531. The van der Waals surface area contributed by atoms with E-state index in [0.29, 0.717) is 11.4 Å². The molecule has 1 aromatic carbocycles. The van der Waals surface area contributed by atoms with Gasteiger partial charge in [-0.2, -0.15) is 0 Å². The zero-order chi connectivity index (χ0) is 19.1. The first kappa shape index (κ1) is 20.2. The molecule has 2 rings (SSSR count). The zero-order valence-corrected chi connectivity index (χ0v) is 15.3. The van der Waals surface area contributed by atoms with Crippen molar-refractivity contribution in [1.82, 2.24) is 5.32 Å². The number of ether oxygens (including phenoxy) is 1. The van der Waals surface area contributed by atoms with Gasteiger partial charge in [0, 0.05) is 11.6 Å². The van der Waals surface area contributed by atoms with Crippen molar-refractivity contribution in [3.05, 3.63) is 24.3 Å². The second-order valence-corrected chi connectivity index (χ2v) is 6.92. The number of aliphatic hydroxyl groups excluding tert-OH is 2. The Morgan fingerprint density at radius 1 is 1.15 bits per heavy atom. The summed E-state index contributed by atoms with van der Waals surface area (Å²) in [6.45, 7) is 2.94. The maximum atomic E-state index is 12.2. The molecule has 1 fully saturated rings. The van der Waals surface area contributed by atoms with Crippen LogP contribution in [0, 0.1) is 5.92 Å². The summed E-state index contributed by atoms with van der Waals surface area (Å²) in [5, 5.41) is 24.5. The van der Waals surface area contributed by atoms with Gasteiger partial charge in [-0.3, -0.25) is 9.59 Å². The highest BCUT2D eigenvalue weighted by atomic mass is 16.5. The molecular weight excluding hydrogens is 336 g/mol. The van der Waals surface area contributed by atoms with Crippen LogP contribution in [0.4, 0.5) is 5.69 Å². The molecule has 26 heavy (non-hydrogen) atoms. The average Bonchev–Trinajstić information content (AvgIpc) is 2.62. The van der Waals surface area contributed by atoms with Gasteiger partial charge >= 0.3 is 0 Å². The zero-order valence-electron chi connectivity index (χ0n) is 15.3. The first-order valence-electron chi connectivity index (χ1n) is 9.07. The Kier molecular flexibility index (Phi) is 7.41. The molecule has 0 aromatic heterocycles. The average molecular weight is 364 g/mol. The van der Waals surface area contributed by atoms with Crippen molar-refractivity contribution < 1.29 is 24.5 Å². The lowest BCUT2D eigenvalue weighted by atomic mass is 9.95. The fourth-order valence-corrected chi connectivity index (χ4v) is 2.77. The summed E-state index contributed by atoms with van der Waals surface area (Å²) in [7, 11) is 0. The topological polar surface area (TPSA) is 108 Å². The Labute approximate surface area is 153 Å². The van der Waals surface area contributed by atoms with Gasteiger partial charge in [-0.1, -0.05) is 20.3 Å². The highest BCUT2D eigenvalue weighted by Gasteiger charge is 2.25. The number of rotatable bonds is 7. The third-order valence-electron chi connectivity index (χ3n) is 4.42. The van der Waals surface area contributed by atoms with Crippen molar-refractivity contribution in [2.75, 3.05) is 11.9 Å². The Bertz CT molecular complexity index is 602. The van der Waals surface area contributed by atoms with Crippen LogP contribution in [0.3, 0.4) is 0 Å². The summed E-state index contributed by atoms with van der Waals surface area (Å²) in [6, 6.07) is 5.80. The van der Waals surface area contributed by atoms with E-state index in [1.807, 2.05) is 0 Å². The molecule has 0 bridgehead atoms. The number of anilines is 1. The summed E-state index contributed by atoms with van der Waals surface area (Å²) in [6.07, 6.45) is 3.00. The second-order valence-electron chi connectivity index (χ2n) is 6.92. The van der Waals surface area contributed by atoms with Gasteiger partial charge in [0.25, 0.3) is 0 Å². The molecular formula is C19H28N2O5. The molecule has 0 spiro atoms. The largest absolute Gasteiger partial charge is 0.488 e. The third kappa shape index (κ3) is 5.71. The number of hydrogen-bond donors (Lipinski definition) is 4. The number of hydrogen-bond acceptors (Lipinski definition) is 5. The van der Waals surface area contributed by atoms with E-state index >= 15 is 0 Å². The van der Waals surface area contributed by atoms with E-state index in [9.17, 15) is 19.8 Å². The lowest BCUT2D eigenvalue weighted by Gasteiger charge is -2.28. The highest BCUT2D eigenvalue weighted by molar-refractivity contribution is 5.97. The maximum absolute atomic E-state index is 12.2. The van der Waals surface area contributed by atoms with Gasteiger partial charge in [-0.05, 0) is 43.5 Å². The molecule has 7 heteroatoms. The normalized spacial score (nSPS) is 21.1. The van der Waals surface area contributed by atoms with Crippen molar-refractivity contribution in [3.63, 3.8) is 0 Å². The van der Waals surface area contributed by atoms with Crippen LogP contribution >= 0.6 is 0 Å². The Morgan fingerprint density at radius 2 is 1.81 bits per heavy atom. The highest BCUT2D eigenvalue weighted by Crippen LogP contribution is 2.24. The summed E-state index contributed by atoms with van der Waals surface area (Å²) < 4.78 is 5.82. The molecule has 7 nitrogen and oxygen atoms in total. The van der Waals surface area contributed by atoms with E-state index in [2.05, 4.69) is 10.6 Å². The summed E-state index contributed by atoms with van der Waals surface area (Å²) in [5.74, 6) is -0.434. The van der Waals surface area contributed by atoms with Gasteiger partial charge in [-0.25, -0.2) is 0 Å². The number of benzene rings is 1. The Balaban J connectivity index is 1.91. The van der Waals surface area contributed by atoms with Crippen LogP contribution in [0.25, 0.3) is 0 Å². The van der Waals surface area contributed by atoms with Gasteiger partial charge in [0.1, 0.15) is 17.9 Å². The smallest absolute Gasteiger partial charge is 0.249 e. The van der Waals surface area contributed by atoms with Gasteiger partial charge < -0.3 is 25.6 Å². The van der Waals surface area contributed by atoms with Crippen molar-refractivity contribution in [2.45, 2.75) is 57.8 Å². The minimum atomic E-state index is -1.00. The monoisotopic (exact) mass is 364 g/mol. The molecule has 0 unspecified atom stereocenters. The van der Waals surface area contributed by atoms with Crippen LogP contribution in [-0.4, -0.2) is 46.9 Å². The number of carbonyl (C=O) groups excluding carboxylic acids is 2. The predicted octanol–water partition coefficient (Wildman–Crippen LogP) is 1.44. The first-order valence-corrected chi connectivity index (χ1v) is 9.07. The van der Waals surface area contributed by atoms with Crippen LogP contribution < -0.4 is 15.4 Å². The van der Waals surface area contributed by atoms with Gasteiger partial charge in [-0.15, -0.1) is 0 Å². The standard InChI is InChI=1S/C19H28N2O5/c1-12(2)18(24)21-15(11-22)19(25)20-13-7-9-14(10-8-13)26-17-6-4-3-5-16(17)23/h7-10,12,15-17,22-23H,3-6,11H2,1-2H3,(H,20,25)(H,21,24)/t15-,16+,17+/m0/s1. The number of carbonyl (C=O) groups is 2. The molecule has 1 aliphatic carbocycles. The lowest BCUT2D eigenvalue weighted by molar-refractivity contribution is -0.129. The number of aliphatic hydroxyl groups is 2. The fraction of sp³-hybridized carbons (Fsp3) is 0.579. The van der Waals surface area contributed by atoms with Crippen molar-refractivity contribution in [1.29, 1.82) is 0 Å². The van der Waals surface area contributed by atoms with E-state index in [-0.39, 0.29) is 17.9 Å². The molecule has 3 atom stereocenters. The van der Waals surface area contributed by atoms with Crippen molar-refractivity contribution in [3.8, 4) is 5.75 Å². The van der Waals surface area contributed by atoms with Crippen molar-refractivity contribution >= 4 is 17.5 Å². The number of nitrogens with one attached hydrogen (secondary N) is 2. The SMILES string of the molecule is CC(C)C(=O)N[C@@H](CO)C(=O)Nc1ccc(O[C@@H]2CCCC[C@H]2O)cc1. The molecule has 0 radical (unpaired) electrons. The fourth-order valence-electron chi connectivity index (χ4n) is 2.77. The molecule has 1 aromatic rings. The quantitative estimate of drug-likeness (QED) is 0.586. The molecule has 0 saturated heterocycles. The van der Waals surface area contributed by atoms with Gasteiger partial charge in [0.2, 0.25) is 11.8 Å². The maximum Gasteiger partial charge on any atom is 0.249 e. The minimum Gasteiger partial charge on any atom is -0.488 e. The molecule has 1 aliphatic rings. The van der Waals surface area contributed by atoms with E-state index < -0.39 is 24.7 Å². The lowest BCUT2D eigenvalue weighted by Crippen LogP contribution is -2.47. The van der Waals surface area contributed by atoms with Crippen molar-refractivity contribution in [2.24, 2.45) is 5.92 Å². The molecule has 0 heterocycles. The Morgan fingerprint density at radius 3 is 2.38 bits per heavy atom. The number of amides is 2. The predicted molar refractivity (Wildman–Crippen MR) is 97.8 cm³/mol. The third-order valence-corrected chi connectivity index (χ3v) is 4.42. The van der Waals surface area contributed by atoms with E-state index in [4.69, 9.17) is 4.74 Å². The van der Waals surface area contributed by atoms with E-state index in [1.165, 1.54) is 0 Å². The van der Waals surface area contributed by atoms with E-state index in [1.54, 1.807) is 38.1 Å². The molecule has 4 N–H and O–H groups in total. The van der Waals surface area contributed by atoms with Gasteiger partial charge in [0.05, 0.1) is 12.7 Å². The van der Waals surface area contributed by atoms with Crippen LogP contribution in [0.2, 0.25) is 0 Å². The second kappa shape index (κ2) is 9.54. The minimum absolute atomic E-state index is 0.200.